The Bertz CT molecular complexity index is 4580. The van der Waals surface area contributed by atoms with Crippen molar-refractivity contribution in [1.82, 2.24) is 35.4 Å². The van der Waals surface area contributed by atoms with Crippen molar-refractivity contribution in [1.29, 1.82) is 0 Å². The number of thiol groups is 1. The molecule has 0 aliphatic carbocycles. The first-order chi connectivity index (χ1) is 58.4. The Morgan fingerprint density at radius 2 is 1.01 bits per heavy atom. The van der Waals surface area contributed by atoms with Gasteiger partial charge in [0.2, 0.25) is 23.6 Å². The number of allylic oxidation sites excluding steroid dienone is 6. The van der Waals surface area contributed by atoms with E-state index < -0.39 is 131 Å². The number of carbonyl (C=O) groups excluding carboxylic acids is 8. The molecule has 122 heavy (non-hydrogen) atoms. The number of rotatable bonds is 20. The lowest BCUT2D eigenvalue weighted by Crippen LogP contribution is -2.63. The average Bonchev–Trinajstić information content (AvgIpc) is 1.57. The molecular formula is C86H111Cl2N9O20S5. The number of epoxide rings is 2. The predicted octanol–water partition coefficient (Wildman–Crippen LogP) is 13.5. The molecule has 6 aliphatic heterocycles. The third-order valence-electron chi connectivity index (χ3n) is 22.0. The Morgan fingerprint density at radius 1 is 0.631 bits per heavy atom. The van der Waals surface area contributed by atoms with E-state index in [9.17, 15) is 48.6 Å². The van der Waals surface area contributed by atoms with Crippen LogP contribution in [0.2, 0.25) is 10.0 Å². The Morgan fingerprint density at radius 3 is 1.36 bits per heavy atom. The van der Waals surface area contributed by atoms with Crippen molar-refractivity contribution in [3.8, 4) is 11.5 Å². The minimum atomic E-state index is -1.83. The molecule has 3 aromatic heterocycles. The summed E-state index contributed by atoms with van der Waals surface area (Å²) in [7, 11) is 19.4. The van der Waals surface area contributed by atoms with Crippen molar-refractivity contribution in [3.05, 3.63) is 166 Å². The Hall–Kier alpha value is -8.10. The zero-order chi connectivity index (χ0) is 90.4. The third kappa shape index (κ3) is 25.4. The summed E-state index contributed by atoms with van der Waals surface area (Å²) in [4.78, 5) is 125. The second-order valence-electron chi connectivity index (χ2n) is 30.6. The fourth-order valence-corrected chi connectivity index (χ4v) is 18.8. The highest BCUT2D eigenvalue weighted by molar-refractivity contribution is 8.77. The number of carbonyl (C=O) groups is 8. The van der Waals surface area contributed by atoms with Gasteiger partial charge in [-0.1, -0.05) is 121 Å². The van der Waals surface area contributed by atoms with Gasteiger partial charge >= 0.3 is 24.1 Å². The molecule has 0 saturated carbocycles. The topological polar surface area (TPSA) is 352 Å². The Kier molecular flexibility index (Phi) is 35.8. The molecule has 0 spiro atoms. The van der Waals surface area contributed by atoms with Crippen LogP contribution in [0.4, 0.5) is 21.0 Å². The summed E-state index contributed by atoms with van der Waals surface area (Å²) in [6, 6.07) is 22.5. The highest BCUT2D eigenvalue weighted by Gasteiger charge is 2.66. The number of likely N-dealkylation sites (N-methyl/N-ethyl adjacent to an activating group) is 2. The third-order valence-corrected chi connectivity index (χ3v) is 27.5. The number of benzene rings is 2. The fraction of sp³-hybridized carbons (Fsp3) is 0.500. The number of aliphatic hydroxyl groups is 2. The van der Waals surface area contributed by atoms with Crippen LogP contribution < -0.4 is 29.9 Å². The first-order valence-corrected chi connectivity index (χ1v) is 45.0. The molecule has 16 atom stereocenters. The van der Waals surface area contributed by atoms with Crippen LogP contribution >= 0.6 is 79.0 Å². The quantitative estimate of drug-likeness (QED) is 0.0121. The second-order valence-corrected chi connectivity index (χ2v) is 36.4. The van der Waals surface area contributed by atoms with Gasteiger partial charge in [-0.25, -0.2) is 34.1 Å². The Labute approximate surface area is 746 Å². The molecule has 4 N–H and O–H groups in total. The number of halogens is 2. The van der Waals surface area contributed by atoms with Crippen molar-refractivity contribution in [3.63, 3.8) is 0 Å². The number of nitrogens with one attached hydrogen (secondary N) is 2. The van der Waals surface area contributed by atoms with Gasteiger partial charge in [0.1, 0.15) is 96.5 Å². The summed E-state index contributed by atoms with van der Waals surface area (Å²) in [5, 5.41) is 31.8. The highest BCUT2D eigenvalue weighted by atomic mass is 35.5. The van der Waals surface area contributed by atoms with Crippen molar-refractivity contribution in [2.75, 3.05) is 77.9 Å². The number of methoxy groups -OCH3 is 4. The SMILES string of the molecule is COc1cc2cc(c1Cl)N(C)C(=O)C[C@H](OC(=O)[C@H](C)N(C)C(=O)CCS)[C@]1(C)O[C@H]1[C@H](C)[C@@H]1C[C@@](O)(NC(=O)O1)[C@H](OC)/C=C/C=C(\C)C2.COc1cc2cc(c1Cl)N(C)C(=O)C[C@H](OC(=O)[C@H](C)N(C)C(=O)CCSSc1ccccn1)[C@]1(C)O[C@H]1[C@H](C)[C@@H]1C[C@@](O)(NC(=O)O1)[C@H](OC)/C=C/C=C(\C)C2.[2H]C.c1ccc(SSc2ccccn2)nc1. The average molecular weight is 1820 g/mol. The molecule has 4 saturated heterocycles. The lowest BCUT2D eigenvalue weighted by molar-refractivity contribution is -0.162. The van der Waals surface area contributed by atoms with Crippen molar-refractivity contribution in [2.45, 2.75) is 213 Å². The number of aromatic nitrogens is 3. The predicted molar refractivity (Wildman–Crippen MR) is 474 cm³/mol. The van der Waals surface area contributed by atoms with Crippen LogP contribution in [0.5, 0.6) is 11.5 Å². The number of nitrogens with zero attached hydrogens (tertiary/aromatic N) is 7. The molecule has 36 heteroatoms. The molecule has 6 aliphatic rings. The molecule has 11 rings (SSSR count). The molecule has 5 aromatic rings. The van der Waals surface area contributed by atoms with Crippen LogP contribution in [0.1, 0.15) is 114 Å². The monoisotopic (exact) mass is 1820 g/mol. The first kappa shape index (κ1) is 97.7. The lowest BCUT2D eigenvalue weighted by atomic mass is 9.83. The van der Waals surface area contributed by atoms with Gasteiger partial charge in [0.05, 0.1) is 50.6 Å². The molecular weight excluding hydrogens is 1710 g/mol. The first-order valence-electron chi connectivity index (χ1n) is 40.1. The number of anilines is 2. The van der Waals surface area contributed by atoms with E-state index in [2.05, 4.69) is 38.2 Å². The summed E-state index contributed by atoms with van der Waals surface area (Å²) in [5.41, 5.74) is -1.84. The summed E-state index contributed by atoms with van der Waals surface area (Å²) < 4.78 is 64.1. The molecule has 4 fully saturated rings. The molecule has 8 bridgehead atoms. The van der Waals surface area contributed by atoms with Gasteiger partial charge in [-0.2, -0.15) is 12.6 Å². The minimum absolute atomic E-state index is 0.0489. The largest absolute Gasteiger partial charge is 0.495 e. The normalized spacial score (nSPS) is 28.4. The highest BCUT2D eigenvalue weighted by Crippen LogP contribution is 2.52. The number of alkyl carbamates (subject to hydrolysis) is 2. The van der Waals surface area contributed by atoms with Gasteiger partial charge in [0.15, 0.2) is 11.4 Å². The number of pyridine rings is 3. The number of esters is 2. The molecule has 6 amide bonds. The molecule has 0 radical (unpaired) electrons. The van der Waals surface area contributed by atoms with Gasteiger partial charge in [0, 0.05) is 106 Å². The maximum Gasteiger partial charge on any atom is 0.409 e. The zero-order valence-corrected chi connectivity index (χ0v) is 77.1. The van der Waals surface area contributed by atoms with Gasteiger partial charge in [0.25, 0.3) is 0 Å². The molecule has 29 nitrogen and oxygen atoms in total. The number of hydrogen-bond donors (Lipinski definition) is 5. The number of amides is 6. The van der Waals surface area contributed by atoms with Gasteiger partial charge in [-0.3, -0.25) is 29.8 Å². The summed E-state index contributed by atoms with van der Waals surface area (Å²) in [6.45, 7) is 14.0. The van der Waals surface area contributed by atoms with Crippen LogP contribution in [0.15, 0.2) is 160 Å². The summed E-state index contributed by atoms with van der Waals surface area (Å²) in [5.74, 6) is -2.41. The molecule has 2 aromatic carbocycles. The van der Waals surface area contributed by atoms with E-state index in [1.165, 1.54) is 98.0 Å². The van der Waals surface area contributed by atoms with Crippen LogP contribution in [0.25, 0.3) is 0 Å². The molecule has 0 unspecified atom stereocenters. The van der Waals surface area contributed by atoms with Crippen LogP contribution in [-0.2, 0) is 79.5 Å². The maximum atomic E-state index is 14.2. The number of hydrogen-bond acceptors (Lipinski definition) is 28. The van der Waals surface area contributed by atoms with E-state index in [0.29, 0.717) is 47.2 Å². The van der Waals surface area contributed by atoms with Gasteiger partial charge < -0.3 is 77.2 Å². The lowest BCUT2D eigenvalue weighted by Gasteiger charge is -2.42. The van der Waals surface area contributed by atoms with Crippen LogP contribution in [0.3, 0.4) is 0 Å². The van der Waals surface area contributed by atoms with Gasteiger partial charge in [-0.05, 0) is 164 Å². The van der Waals surface area contributed by atoms with Crippen molar-refractivity contribution >= 4 is 138 Å². The van der Waals surface area contributed by atoms with E-state index in [-0.39, 0.29) is 60.4 Å². The van der Waals surface area contributed by atoms with E-state index >= 15 is 0 Å². The second kappa shape index (κ2) is 44.7. The molecule has 664 valence electrons. The Balaban J connectivity index is 0.000000259. The van der Waals surface area contributed by atoms with E-state index in [1.807, 2.05) is 80.6 Å². The number of ether oxygens (including phenoxy) is 10. The van der Waals surface area contributed by atoms with Gasteiger partial charge in [-0.15, -0.1) is 0 Å². The van der Waals surface area contributed by atoms with E-state index in [4.69, 9.17) is 71.9 Å². The van der Waals surface area contributed by atoms with E-state index in [1.54, 1.807) is 137 Å². The van der Waals surface area contributed by atoms with Crippen LogP contribution in [0, 0.1) is 11.8 Å². The maximum absolute atomic E-state index is 14.2. The standard InChI is InChI=1S/C40H51ClN4O10S2.C35H48ClN3O10S.C10H8N2S2.CH4/c1-23-12-11-13-30(52-8)40(50)22-29(53-38(49)43-40)24(2)36-39(4,55-36)31(21-34(47)45(6)27-19-26(18-23)20-28(51-7)35(27)41)54-37(48)25(3)44(5)33(46)15-17-56-57-32-14-9-10-16-42-32;1-19-10-9-11-26(46-8)35(44)18-25(47-33(43)37-35)20(2)31-34(4,49-31)27(48-32(42)21(3)38(5)28(40)12-13-50)17-29(41)39(6)23-15-22(14-19)16-24(45-7)30(23)36;1-3-7-11-9(5-1)13-14-10-6-2-4-8-12-10;/h9-14,16,19-20,24-25,29-31,36,50H,15,17-18,21-22H2,1-8H3,(H,43,49);9-11,15-16,20-21,25-27,31,44,50H,12-14,17-18H2,1-8H3,(H,37,43);1-8H;1H4/b13-11+,23-12+;11-9+,19-10+;;/t24-,25+,29+,30-,31+,36+,39+,40+;20-,21+,25+,26-,27+,31+,34+,35+;;/m11../s1/i;;;1D. The minimum Gasteiger partial charge on any atom is -0.495 e. The van der Waals surface area contributed by atoms with E-state index in [0.717, 1.165) is 37.4 Å². The number of fused-ring (bicyclic) bond motifs is 10. The molecule has 9 heterocycles. The summed E-state index contributed by atoms with van der Waals surface area (Å²) >= 11 is 17.6. The van der Waals surface area contributed by atoms with Crippen molar-refractivity contribution in [2.24, 2.45) is 11.8 Å². The van der Waals surface area contributed by atoms with Crippen molar-refractivity contribution < 1.29 is 97.3 Å². The zero-order valence-electron chi connectivity index (χ0n) is 72.4. The van der Waals surface area contributed by atoms with Crippen LogP contribution in [-0.4, -0.2) is 234 Å². The summed E-state index contributed by atoms with van der Waals surface area (Å²) in [6.07, 6.45) is 7.43. The fourth-order valence-electron chi connectivity index (χ4n) is 14.4. The smallest absolute Gasteiger partial charge is 0.409 e.